The molecule has 1 saturated carbocycles. The van der Waals surface area contributed by atoms with Crippen molar-refractivity contribution in [3.63, 3.8) is 0 Å². The average molecular weight is 477 g/mol. The van der Waals surface area contributed by atoms with Gasteiger partial charge in [-0.15, -0.1) is 0 Å². The standard InChI is InChI=1S/C26H32N6O3/c1-4-35-24(33)17-9-11-19(12-10-17)28-26(34)29-20-15-13-18(14-16-20)27-25-30-22-8-6-5-7-21(22)23(31-25)32(2)3/h5-12,18,20H,4,13-16H2,1-3H3,(H,27,30,31)(H2,28,29,34). The number of esters is 1. The Morgan fingerprint density at radius 3 is 2.34 bits per heavy atom. The minimum atomic E-state index is -0.374. The van der Waals surface area contributed by atoms with E-state index in [1.165, 1.54) is 0 Å². The number of carbonyl (C=O) groups is 2. The Hall–Kier alpha value is -3.88. The van der Waals surface area contributed by atoms with Gasteiger partial charge in [0.2, 0.25) is 5.95 Å². The first kappa shape index (κ1) is 24.3. The SMILES string of the molecule is CCOC(=O)c1ccc(NC(=O)NC2CCC(Nc3nc(N(C)C)c4ccccc4n3)CC2)cc1. The third-order valence-corrected chi connectivity index (χ3v) is 6.06. The zero-order valence-electron chi connectivity index (χ0n) is 20.4. The Morgan fingerprint density at radius 1 is 0.971 bits per heavy atom. The van der Waals surface area contributed by atoms with Crippen LogP contribution < -0.4 is 20.9 Å². The van der Waals surface area contributed by atoms with Gasteiger partial charge in [-0.25, -0.2) is 14.6 Å². The van der Waals surface area contributed by atoms with Crippen LogP contribution in [0.3, 0.4) is 0 Å². The van der Waals surface area contributed by atoms with Crippen LogP contribution in [0, 0.1) is 0 Å². The van der Waals surface area contributed by atoms with Crippen molar-refractivity contribution in [1.82, 2.24) is 15.3 Å². The summed E-state index contributed by atoms with van der Waals surface area (Å²) in [5.41, 5.74) is 1.99. The summed E-state index contributed by atoms with van der Waals surface area (Å²) in [6, 6.07) is 14.8. The molecule has 0 unspecified atom stereocenters. The molecule has 9 nitrogen and oxygen atoms in total. The highest BCUT2D eigenvalue weighted by molar-refractivity contribution is 5.92. The number of para-hydroxylation sites is 1. The largest absolute Gasteiger partial charge is 0.462 e. The Bertz CT molecular complexity index is 1170. The van der Waals surface area contributed by atoms with Gasteiger partial charge in [-0.1, -0.05) is 12.1 Å². The summed E-state index contributed by atoms with van der Waals surface area (Å²) in [6.07, 6.45) is 3.54. The summed E-state index contributed by atoms with van der Waals surface area (Å²) in [4.78, 5) is 35.6. The number of fused-ring (bicyclic) bond motifs is 1. The number of carbonyl (C=O) groups excluding carboxylic acids is 2. The number of anilines is 3. The van der Waals surface area contributed by atoms with Crippen molar-refractivity contribution in [2.24, 2.45) is 0 Å². The average Bonchev–Trinajstić information content (AvgIpc) is 2.85. The number of nitrogens with zero attached hydrogens (tertiary/aromatic N) is 3. The molecule has 0 bridgehead atoms. The summed E-state index contributed by atoms with van der Waals surface area (Å²) < 4.78 is 4.98. The van der Waals surface area contributed by atoms with Crippen LogP contribution in [0.1, 0.15) is 43.0 Å². The molecule has 0 saturated heterocycles. The Labute approximate surface area is 205 Å². The summed E-state index contributed by atoms with van der Waals surface area (Å²) in [6.45, 7) is 2.09. The van der Waals surface area contributed by atoms with E-state index in [-0.39, 0.29) is 24.1 Å². The van der Waals surface area contributed by atoms with Crippen LogP contribution in [0.15, 0.2) is 48.5 Å². The van der Waals surface area contributed by atoms with Gasteiger partial charge in [0.05, 0.1) is 17.7 Å². The molecule has 1 aliphatic carbocycles. The molecule has 1 fully saturated rings. The highest BCUT2D eigenvalue weighted by Crippen LogP contribution is 2.26. The summed E-state index contributed by atoms with van der Waals surface area (Å²) >= 11 is 0. The minimum Gasteiger partial charge on any atom is -0.462 e. The summed E-state index contributed by atoms with van der Waals surface area (Å²) in [7, 11) is 3.96. The van der Waals surface area contributed by atoms with Gasteiger partial charge in [0.1, 0.15) is 5.82 Å². The van der Waals surface area contributed by atoms with Gasteiger partial charge < -0.3 is 25.6 Å². The fraction of sp³-hybridized carbons (Fsp3) is 0.385. The van der Waals surface area contributed by atoms with Crippen LogP contribution in [0.5, 0.6) is 0 Å². The van der Waals surface area contributed by atoms with Crippen molar-refractivity contribution in [3.8, 4) is 0 Å². The fourth-order valence-electron chi connectivity index (χ4n) is 4.29. The molecule has 4 rings (SSSR count). The molecule has 1 heterocycles. The van der Waals surface area contributed by atoms with Gasteiger partial charge in [0, 0.05) is 37.3 Å². The molecule has 9 heteroatoms. The normalized spacial score (nSPS) is 17.5. The molecule has 3 aromatic rings. The number of hydrogen-bond donors (Lipinski definition) is 3. The van der Waals surface area contributed by atoms with E-state index in [1.807, 2.05) is 43.3 Å². The maximum atomic E-state index is 12.4. The number of nitrogens with one attached hydrogen (secondary N) is 3. The smallest absolute Gasteiger partial charge is 0.338 e. The lowest BCUT2D eigenvalue weighted by atomic mass is 9.91. The van der Waals surface area contributed by atoms with Crippen molar-refractivity contribution in [2.75, 3.05) is 36.2 Å². The van der Waals surface area contributed by atoms with Gasteiger partial charge in [0.15, 0.2) is 0 Å². The molecule has 184 valence electrons. The van der Waals surface area contributed by atoms with Crippen LogP contribution in [-0.2, 0) is 4.74 Å². The number of urea groups is 1. The van der Waals surface area contributed by atoms with E-state index in [2.05, 4.69) is 16.0 Å². The molecule has 1 aliphatic rings. The molecule has 0 atom stereocenters. The molecule has 2 aromatic carbocycles. The topological polar surface area (TPSA) is 108 Å². The highest BCUT2D eigenvalue weighted by atomic mass is 16.5. The van der Waals surface area contributed by atoms with Crippen LogP contribution in [0.2, 0.25) is 0 Å². The quantitative estimate of drug-likeness (QED) is 0.433. The molecule has 2 amide bonds. The zero-order valence-corrected chi connectivity index (χ0v) is 20.4. The van der Waals surface area contributed by atoms with Crippen molar-refractivity contribution in [2.45, 2.75) is 44.7 Å². The first-order chi connectivity index (χ1) is 16.9. The van der Waals surface area contributed by atoms with E-state index >= 15 is 0 Å². The monoisotopic (exact) mass is 476 g/mol. The maximum Gasteiger partial charge on any atom is 0.338 e. The number of aromatic nitrogens is 2. The second kappa shape index (κ2) is 11.0. The third kappa shape index (κ3) is 6.17. The second-order valence-corrected chi connectivity index (χ2v) is 8.87. The number of amides is 2. The van der Waals surface area contributed by atoms with E-state index < -0.39 is 0 Å². The van der Waals surface area contributed by atoms with E-state index in [9.17, 15) is 9.59 Å². The van der Waals surface area contributed by atoms with Crippen molar-refractivity contribution >= 4 is 40.4 Å². The first-order valence-electron chi connectivity index (χ1n) is 12.0. The molecule has 3 N–H and O–H groups in total. The number of ether oxygens (including phenoxy) is 1. The van der Waals surface area contributed by atoms with Gasteiger partial charge in [-0.3, -0.25) is 0 Å². The Kier molecular flexibility index (Phi) is 7.64. The maximum absolute atomic E-state index is 12.4. The number of rotatable bonds is 7. The van der Waals surface area contributed by atoms with E-state index in [4.69, 9.17) is 14.7 Å². The Morgan fingerprint density at radius 2 is 1.66 bits per heavy atom. The molecular formula is C26H32N6O3. The van der Waals surface area contributed by atoms with Crippen LogP contribution in [0.25, 0.3) is 10.9 Å². The van der Waals surface area contributed by atoms with Crippen LogP contribution >= 0.6 is 0 Å². The lowest BCUT2D eigenvalue weighted by Crippen LogP contribution is -2.42. The summed E-state index contributed by atoms with van der Waals surface area (Å²) in [5, 5.41) is 10.4. The lowest BCUT2D eigenvalue weighted by molar-refractivity contribution is 0.0526. The fourth-order valence-corrected chi connectivity index (χ4v) is 4.29. The molecule has 35 heavy (non-hydrogen) atoms. The molecule has 0 spiro atoms. The molecule has 1 aromatic heterocycles. The van der Waals surface area contributed by atoms with E-state index in [1.54, 1.807) is 31.2 Å². The van der Waals surface area contributed by atoms with Gasteiger partial charge in [0.25, 0.3) is 0 Å². The Balaban J connectivity index is 1.28. The molecule has 0 aliphatic heterocycles. The van der Waals surface area contributed by atoms with Crippen molar-refractivity contribution in [3.05, 3.63) is 54.1 Å². The summed E-state index contributed by atoms with van der Waals surface area (Å²) in [5.74, 6) is 1.15. The molecular weight excluding hydrogens is 444 g/mol. The van der Waals surface area contributed by atoms with Crippen LogP contribution in [-0.4, -0.2) is 54.8 Å². The second-order valence-electron chi connectivity index (χ2n) is 8.87. The predicted octanol–water partition coefficient (Wildman–Crippen LogP) is 4.42. The third-order valence-electron chi connectivity index (χ3n) is 6.06. The zero-order chi connectivity index (χ0) is 24.8. The first-order valence-corrected chi connectivity index (χ1v) is 12.0. The van der Waals surface area contributed by atoms with Gasteiger partial charge >= 0.3 is 12.0 Å². The minimum absolute atomic E-state index is 0.0988. The van der Waals surface area contributed by atoms with Gasteiger partial charge in [-0.05, 0) is 69.0 Å². The number of benzene rings is 2. The van der Waals surface area contributed by atoms with Gasteiger partial charge in [-0.2, -0.15) is 4.98 Å². The lowest BCUT2D eigenvalue weighted by Gasteiger charge is -2.30. The number of hydrogen-bond acceptors (Lipinski definition) is 7. The molecule has 0 radical (unpaired) electrons. The van der Waals surface area contributed by atoms with E-state index in [0.717, 1.165) is 42.4 Å². The predicted molar refractivity (Wildman–Crippen MR) is 138 cm³/mol. The van der Waals surface area contributed by atoms with E-state index in [0.29, 0.717) is 23.8 Å². The van der Waals surface area contributed by atoms with Crippen molar-refractivity contribution in [1.29, 1.82) is 0 Å². The highest BCUT2D eigenvalue weighted by Gasteiger charge is 2.23. The van der Waals surface area contributed by atoms with Crippen LogP contribution in [0.4, 0.5) is 22.2 Å². The van der Waals surface area contributed by atoms with Crippen molar-refractivity contribution < 1.29 is 14.3 Å².